The van der Waals surface area contributed by atoms with E-state index in [-0.39, 0.29) is 18.0 Å². The molecule has 2 aromatic rings. The zero-order chi connectivity index (χ0) is 20.8. The third kappa shape index (κ3) is 5.71. The number of piperidine rings is 1. The van der Waals surface area contributed by atoms with Crippen molar-refractivity contribution in [2.75, 3.05) is 13.1 Å². The molecule has 152 valence electrons. The maximum absolute atomic E-state index is 12.5. The van der Waals surface area contributed by atoms with Crippen molar-refractivity contribution >= 4 is 29.4 Å². The van der Waals surface area contributed by atoms with Crippen molar-refractivity contribution in [3.05, 3.63) is 70.2 Å². The second kappa shape index (κ2) is 9.43. The van der Waals surface area contributed by atoms with Crippen molar-refractivity contribution < 1.29 is 14.4 Å². The minimum atomic E-state index is -0.483. The first-order valence-corrected chi connectivity index (χ1v) is 9.78. The largest absolute Gasteiger partial charge is 0.366 e. The second-order valence-corrected chi connectivity index (χ2v) is 7.40. The number of urea groups is 1. The number of amides is 4. The van der Waals surface area contributed by atoms with Gasteiger partial charge in [-0.25, -0.2) is 4.79 Å². The van der Waals surface area contributed by atoms with E-state index in [0.29, 0.717) is 48.6 Å². The van der Waals surface area contributed by atoms with E-state index < -0.39 is 5.91 Å². The highest BCUT2D eigenvalue weighted by atomic mass is 35.5. The lowest BCUT2D eigenvalue weighted by Gasteiger charge is -2.32. The van der Waals surface area contributed by atoms with Gasteiger partial charge in [-0.3, -0.25) is 9.59 Å². The number of hydrogen-bond donors (Lipinski definition) is 3. The first kappa shape index (κ1) is 20.7. The fourth-order valence-electron chi connectivity index (χ4n) is 3.21. The van der Waals surface area contributed by atoms with Gasteiger partial charge in [0.05, 0.1) is 0 Å². The smallest absolute Gasteiger partial charge is 0.315 e. The lowest BCUT2D eigenvalue weighted by atomic mass is 10.0. The number of likely N-dealkylation sites (tertiary alicyclic amines) is 1. The third-order valence-electron chi connectivity index (χ3n) is 4.90. The molecule has 0 spiro atoms. The summed E-state index contributed by atoms with van der Waals surface area (Å²) in [6.07, 6.45) is 1.39. The lowest BCUT2D eigenvalue weighted by Crippen LogP contribution is -2.49. The quantitative estimate of drug-likeness (QED) is 0.700. The third-order valence-corrected chi connectivity index (χ3v) is 5.15. The van der Waals surface area contributed by atoms with E-state index in [1.807, 2.05) is 0 Å². The molecule has 1 fully saturated rings. The van der Waals surface area contributed by atoms with Crippen LogP contribution in [0.5, 0.6) is 0 Å². The zero-order valence-corrected chi connectivity index (χ0v) is 16.6. The van der Waals surface area contributed by atoms with Crippen LogP contribution < -0.4 is 16.4 Å². The van der Waals surface area contributed by atoms with Crippen LogP contribution in [0.15, 0.2) is 48.5 Å². The average molecular weight is 415 g/mol. The molecule has 2 aromatic carbocycles. The second-order valence-electron chi connectivity index (χ2n) is 6.96. The number of nitrogens with zero attached hydrogens (tertiary/aromatic N) is 1. The Morgan fingerprint density at radius 3 is 2.14 bits per heavy atom. The molecular formula is C21H23ClN4O3. The number of carbonyl (C=O) groups is 3. The van der Waals surface area contributed by atoms with Crippen LogP contribution in [0.2, 0.25) is 5.02 Å². The number of carbonyl (C=O) groups excluding carboxylic acids is 3. The Balaban J connectivity index is 1.41. The molecule has 7 nitrogen and oxygen atoms in total. The Bertz CT molecular complexity index is 876. The SMILES string of the molecule is NC(=O)c1ccc(CNC(=O)NC2CCN(C(=O)c3ccc(Cl)cc3)CC2)cc1. The molecule has 8 heteroatoms. The Labute approximate surface area is 174 Å². The number of benzene rings is 2. The Morgan fingerprint density at radius 2 is 1.55 bits per heavy atom. The summed E-state index contributed by atoms with van der Waals surface area (Å²) in [7, 11) is 0. The number of hydrogen-bond acceptors (Lipinski definition) is 3. The van der Waals surface area contributed by atoms with Crippen LogP contribution in [0.25, 0.3) is 0 Å². The minimum Gasteiger partial charge on any atom is -0.366 e. The molecule has 0 radical (unpaired) electrons. The van der Waals surface area contributed by atoms with Crippen LogP contribution in [0, 0.1) is 0 Å². The molecule has 1 aliphatic heterocycles. The topological polar surface area (TPSA) is 105 Å². The lowest BCUT2D eigenvalue weighted by molar-refractivity contribution is 0.0708. The van der Waals surface area contributed by atoms with E-state index in [1.54, 1.807) is 53.4 Å². The van der Waals surface area contributed by atoms with Crippen LogP contribution >= 0.6 is 11.6 Å². The molecule has 3 rings (SSSR count). The summed E-state index contributed by atoms with van der Waals surface area (Å²) in [5, 5.41) is 6.34. The maximum atomic E-state index is 12.5. The van der Waals surface area contributed by atoms with Crippen molar-refractivity contribution in [3.63, 3.8) is 0 Å². The van der Waals surface area contributed by atoms with Crippen molar-refractivity contribution in [1.82, 2.24) is 15.5 Å². The molecule has 4 amide bonds. The molecule has 1 heterocycles. The molecule has 0 saturated carbocycles. The number of halogens is 1. The average Bonchev–Trinajstić information content (AvgIpc) is 2.73. The van der Waals surface area contributed by atoms with Crippen LogP contribution in [0.1, 0.15) is 39.1 Å². The van der Waals surface area contributed by atoms with Crippen LogP contribution in [-0.4, -0.2) is 41.9 Å². The van der Waals surface area contributed by atoms with Crippen molar-refractivity contribution in [3.8, 4) is 0 Å². The van der Waals surface area contributed by atoms with E-state index >= 15 is 0 Å². The van der Waals surface area contributed by atoms with Crippen molar-refractivity contribution in [2.24, 2.45) is 5.73 Å². The maximum Gasteiger partial charge on any atom is 0.315 e. The normalized spacial score (nSPS) is 14.3. The zero-order valence-electron chi connectivity index (χ0n) is 15.9. The molecule has 29 heavy (non-hydrogen) atoms. The van der Waals surface area contributed by atoms with E-state index in [0.717, 1.165) is 5.56 Å². The summed E-state index contributed by atoms with van der Waals surface area (Å²) in [5.41, 5.74) is 7.12. The van der Waals surface area contributed by atoms with Gasteiger partial charge in [0.2, 0.25) is 5.91 Å². The summed E-state index contributed by atoms with van der Waals surface area (Å²) >= 11 is 5.86. The minimum absolute atomic E-state index is 0.0153. The van der Waals surface area contributed by atoms with Gasteiger partial charge in [0, 0.05) is 41.8 Å². The Hall–Kier alpha value is -3.06. The van der Waals surface area contributed by atoms with Gasteiger partial charge in [0.1, 0.15) is 0 Å². The number of nitrogens with two attached hydrogens (primary N) is 1. The summed E-state index contributed by atoms with van der Waals surface area (Å²) in [4.78, 5) is 37.5. The molecular weight excluding hydrogens is 392 g/mol. The van der Waals surface area contributed by atoms with Crippen LogP contribution in [-0.2, 0) is 6.54 Å². The predicted molar refractivity (Wildman–Crippen MR) is 111 cm³/mol. The standard InChI is InChI=1S/C21H23ClN4O3/c22-17-7-5-16(6-8-17)20(28)26-11-9-18(10-12-26)25-21(29)24-13-14-1-3-15(4-2-14)19(23)27/h1-8,18H,9-13H2,(H2,23,27)(H2,24,25,29). The molecule has 1 aliphatic rings. The first-order chi connectivity index (χ1) is 13.9. The first-order valence-electron chi connectivity index (χ1n) is 9.40. The Kier molecular flexibility index (Phi) is 6.72. The van der Waals surface area contributed by atoms with Crippen molar-refractivity contribution in [2.45, 2.75) is 25.4 Å². The van der Waals surface area contributed by atoms with E-state index in [4.69, 9.17) is 17.3 Å². The van der Waals surface area contributed by atoms with Gasteiger partial charge in [0.25, 0.3) is 5.91 Å². The summed E-state index contributed by atoms with van der Waals surface area (Å²) in [6.45, 7) is 1.51. The highest BCUT2D eigenvalue weighted by Gasteiger charge is 2.24. The molecule has 0 atom stereocenters. The summed E-state index contributed by atoms with van der Waals surface area (Å²) < 4.78 is 0. The van der Waals surface area contributed by atoms with Gasteiger partial charge in [-0.15, -0.1) is 0 Å². The van der Waals surface area contributed by atoms with E-state index in [2.05, 4.69) is 10.6 Å². The fourth-order valence-corrected chi connectivity index (χ4v) is 3.33. The highest BCUT2D eigenvalue weighted by molar-refractivity contribution is 6.30. The van der Waals surface area contributed by atoms with E-state index in [1.165, 1.54) is 0 Å². The molecule has 0 aliphatic carbocycles. The molecule has 1 saturated heterocycles. The molecule has 0 bridgehead atoms. The highest BCUT2D eigenvalue weighted by Crippen LogP contribution is 2.16. The van der Waals surface area contributed by atoms with Gasteiger partial charge in [-0.05, 0) is 54.8 Å². The van der Waals surface area contributed by atoms with Gasteiger partial charge in [-0.2, -0.15) is 0 Å². The summed E-state index contributed by atoms with van der Waals surface area (Å²) in [5.74, 6) is -0.507. The molecule has 0 unspecified atom stereocenters. The van der Waals surface area contributed by atoms with Gasteiger partial charge in [-0.1, -0.05) is 23.7 Å². The van der Waals surface area contributed by atoms with Crippen molar-refractivity contribution in [1.29, 1.82) is 0 Å². The number of rotatable bonds is 5. The monoisotopic (exact) mass is 414 g/mol. The van der Waals surface area contributed by atoms with E-state index in [9.17, 15) is 14.4 Å². The summed E-state index contributed by atoms with van der Waals surface area (Å²) in [6, 6.07) is 13.4. The Morgan fingerprint density at radius 1 is 0.966 bits per heavy atom. The number of primary amides is 1. The van der Waals surface area contributed by atoms with Gasteiger partial charge >= 0.3 is 6.03 Å². The van der Waals surface area contributed by atoms with Crippen LogP contribution in [0.4, 0.5) is 4.79 Å². The molecule has 0 aromatic heterocycles. The number of nitrogens with one attached hydrogen (secondary N) is 2. The predicted octanol–water partition coefficient (Wildman–Crippen LogP) is 2.54. The van der Waals surface area contributed by atoms with Crippen LogP contribution in [0.3, 0.4) is 0 Å². The fraction of sp³-hybridized carbons (Fsp3) is 0.286. The van der Waals surface area contributed by atoms with Gasteiger partial charge < -0.3 is 21.3 Å². The van der Waals surface area contributed by atoms with Gasteiger partial charge in [0.15, 0.2) is 0 Å². The molecule has 4 N–H and O–H groups in total.